The highest BCUT2D eigenvalue weighted by molar-refractivity contribution is 7.46. The summed E-state index contributed by atoms with van der Waals surface area (Å²) in [6, 6.07) is 21.3. The standard InChI is InChI=1S/C28H28ClN6P/c29-24-4-2-1-3-22(24)16-36-23-8-7-19-13-21(6-5-20(19)14-23)26-25-27(30)32-17-33-28(25)35(34-26)15-18-9-11-31-12-10-18/h1-8,13-14,17-18,31,36H,9-12,15-16H2,(H2,30,32,33). The van der Waals surface area contributed by atoms with E-state index >= 15 is 0 Å². The van der Waals surface area contributed by atoms with Crippen LogP contribution in [0.15, 0.2) is 67.0 Å². The first-order chi connectivity index (χ1) is 17.7. The zero-order valence-electron chi connectivity index (χ0n) is 19.9. The van der Waals surface area contributed by atoms with Crippen LogP contribution in [0.5, 0.6) is 0 Å². The molecule has 1 atom stereocenters. The fourth-order valence-corrected chi connectivity index (χ4v) is 6.49. The van der Waals surface area contributed by atoms with E-state index in [1.54, 1.807) is 0 Å². The molecule has 1 fully saturated rings. The molecule has 2 aromatic heterocycles. The van der Waals surface area contributed by atoms with Crippen LogP contribution in [0.25, 0.3) is 33.1 Å². The minimum atomic E-state index is 0.475. The summed E-state index contributed by atoms with van der Waals surface area (Å²) in [4.78, 5) is 8.84. The molecule has 3 N–H and O–H groups in total. The Morgan fingerprint density at radius 1 is 1.00 bits per heavy atom. The zero-order valence-corrected chi connectivity index (χ0v) is 21.7. The van der Waals surface area contributed by atoms with Crippen LogP contribution in [0.4, 0.5) is 5.82 Å². The highest BCUT2D eigenvalue weighted by Gasteiger charge is 2.21. The van der Waals surface area contributed by atoms with Crippen molar-refractivity contribution in [2.45, 2.75) is 25.5 Å². The van der Waals surface area contributed by atoms with Crippen molar-refractivity contribution < 1.29 is 0 Å². The van der Waals surface area contributed by atoms with Gasteiger partial charge in [-0.15, -0.1) is 0 Å². The highest BCUT2D eigenvalue weighted by atomic mass is 35.5. The van der Waals surface area contributed by atoms with Crippen molar-refractivity contribution in [2.75, 3.05) is 18.8 Å². The molecule has 0 amide bonds. The zero-order chi connectivity index (χ0) is 24.5. The van der Waals surface area contributed by atoms with Gasteiger partial charge in [-0.25, -0.2) is 14.6 Å². The molecule has 1 unspecified atom stereocenters. The van der Waals surface area contributed by atoms with E-state index in [1.807, 2.05) is 22.9 Å². The lowest BCUT2D eigenvalue weighted by Crippen LogP contribution is -2.30. The van der Waals surface area contributed by atoms with Gasteiger partial charge in [-0.05, 0) is 77.9 Å². The van der Waals surface area contributed by atoms with Gasteiger partial charge in [0.25, 0.3) is 0 Å². The maximum atomic E-state index is 6.35. The summed E-state index contributed by atoms with van der Waals surface area (Å²) in [7, 11) is 0.664. The molecule has 8 heteroatoms. The number of benzene rings is 3. The molecule has 5 aromatic rings. The van der Waals surface area contributed by atoms with Gasteiger partial charge in [0.2, 0.25) is 0 Å². The number of aromatic nitrogens is 4. The van der Waals surface area contributed by atoms with Crippen molar-refractivity contribution in [1.29, 1.82) is 0 Å². The normalized spacial score (nSPS) is 14.9. The average Bonchev–Trinajstić information content (AvgIpc) is 3.28. The molecular formula is C28H28ClN6P. The molecule has 0 saturated carbocycles. The van der Waals surface area contributed by atoms with Crippen LogP contribution in [0.3, 0.4) is 0 Å². The molecule has 0 radical (unpaired) electrons. The minimum absolute atomic E-state index is 0.475. The Labute approximate surface area is 217 Å². The second-order valence-corrected chi connectivity index (χ2v) is 11.1. The summed E-state index contributed by atoms with van der Waals surface area (Å²) in [5.74, 6) is 1.06. The van der Waals surface area contributed by atoms with Gasteiger partial charge < -0.3 is 11.1 Å². The quantitative estimate of drug-likeness (QED) is 0.297. The van der Waals surface area contributed by atoms with Gasteiger partial charge in [0.1, 0.15) is 17.8 Å². The fraction of sp³-hybridized carbons (Fsp3) is 0.250. The van der Waals surface area contributed by atoms with Crippen LogP contribution in [-0.4, -0.2) is 32.8 Å². The number of anilines is 1. The number of nitrogens with zero attached hydrogens (tertiary/aromatic N) is 4. The molecule has 1 saturated heterocycles. The summed E-state index contributed by atoms with van der Waals surface area (Å²) in [5.41, 5.74) is 10.2. The number of piperidine rings is 1. The van der Waals surface area contributed by atoms with Crippen LogP contribution in [0.2, 0.25) is 5.02 Å². The van der Waals surface area contributed by atoms with Gasteiger partial charge >= 0.3 is 0 Å². The third-order valence-electron chi connectivity index (χ3n) is 7.00. The topological polar surface area (TPSA) is 81.7 Å². The number of hydrogen-bond acceptors (Lipinski definition) is 5. The fourth-order valence-electron chi connectivity index (χ4n) is 5.01. The summed E-state index contributed by atoms with van der Waals surface area (Å²) in [6.45, 7) is 2.96. The molecule has 6 nitrogen and oxygen atoms in total. The molecule has 3 aromatic carbocycles. The van der Waals surface area contributed by atoms with E-state index in [-0.39, 0.29) is 0 Å². The van der Waals surface area contributed by atoms with E-state index in [1.165, 1.54) is 28.0 Å². The predicted octanol–water partition coefficient (Wildman–Crippen LogP) is 5.39. The van der Waals surface area contributed by atoms with E-state index in [2.05, 4.69) is 57.7 Å². The lowest BCUT2D eigenvalue weighted by molar-refractivity contribution is 0.325. The third-order valence-corrected chi connectivity index (χ3v) is 8.65. The summed E-state index contributed by atoms with van der Waals surface area (Å²) < 4.78 is 2.03. The van der Waals surface area contributed by atoms with Gasteiger partial charge in [-0.3, -0.25) is 0 Å². The summed E-state index contributed by atoms with van der Waals surface area (Å²) in [5, 5.41) is 13.8. The van der Waals surface area contributed by atoms with Crippen molar-refractivity contribution in [3.63, 3.8) is 0 Å². The second kappa shape index (κ2) is 10.1. The molecule has 0 aliphatic carbocycles. The van der Waals surface area contributed by atoms with Gasteiger partial charge in [-0.1, -0.05) is 62.6 Å². The molecule has 3 heterocycles. The van der Waals surface area contributed by atoms with E-state index < -0.39 is 0 Å². The Bertz CT molecular complexity index is 1540. The van der Waals surface area contributed by atoms with Crippen molar-refractivity contribution in [2.24, 2.45) is 5.92 Å². The van der Waals surface area contributed by atoms with Crippen LogP contribution in [0.1, 0.15) is 18.4 Å². The van der Waals surface area contributed by atoms with Crippen molar-refractivity contribution >= 4 is 53.1 Å². The van der Waals surface area contributed by atoms with Crippen LogP contribution in [-0.2, 0) is 12.7 Å². The molecule has 182 valence electrons. The number of nitrogens with one attached hydrogen (secondary N) is 1. The largest absolute Gasteiger partial charge is 0.383 e. The molecule has 6 rings (SSSR count). The Morgan fingerprint density at radius 2 is 1.81 bits per heavy atom. The lowest BCUT2D eigenvalue weighted by atomic mass is 9.98. The molecular weight excluding hydrogens is 487 g/mol. The third kappa shape index (κ3) is 4.69. The first-order valence-electron chi connectivity index (χ1n) is 12.3. The molecule has 0 spiro atoms. The van der Waals surface area contributed by atoms with Crippen molar-refractivity contribution in [3.05, 3.63) is 77.6 Å². The molecule has 1 aliphatic heterocycles. The predicted molar refractivity (Wildman–Crippen MR) is 151 cm³/mol. The van der Waals surface area contributed by atoms with Gasteiger partial charge in [0, 0.05) is 17.1 Å². The van der Waals surface area contributed by atoms with Crippen LogP contribution < -0.4 is 16.4 Å². The maximum Gasteiger partial charge on any atom is 0.163 e. The Kier molecular flexibility index (Phi) is 6.58. The van der Waals surface area contributed by atoms with Gasteiger partial charge in [-0.2, -0.15) is 5.10 Å². The number of nitrogen functional groups attached to an aromatic ring is 1. The number of fused-ring (bicyclic) bond motifs is 2. The molecule has 1 aliphatic rings. The highest BCUT2D eigenvalue weighted by Crippen LogP contribution is 2.33. The Balaban J connectivity index is 1.31. The maximum absolute atomic E-state index is 6.35. The van der Waals surface area contributed by atoms with Gasteiger partial charge in [0.05, 0.1) is 5.39 Å². The first-order valence-corrected chi connectivity index (χ1v) is 13.9. The lowest BCUT2D eigenvalue weighted by Gasteiger charge is -2.22. The SMILES string of the molecule is Nc1ncnc2c1c(-c1ccc3cc(PCc4ccccc4Cl)ccc3c1)nn2CC1CCNCC1. The van der Waals surface area contributed by atoms with Crippen LogP contribution >= 0.6 is 20.2 Å². The smallest absolute Gasteiger partial charge is 0.163 e. The molecule has 0 bridgehead atoms. The number of nitrogens with two attached hydrogens (primary N) is 1. The van der Waals surface area contributed by atoms with Crippen molar-refractivity contribution in [1.82, 2.24) is 25.1 Å². The van der Waals surface area contributed by atoms with E-state index in [0.717, 1.165) is 66.0 Å². The van der Waals surface area contributed by atoms with E-state index in [0.29, 0.717) is 20.3 Å². The number of rotatable bonds is 6. The second-order valence-electron chi connectivity index (χ2n) is 9.40. The Morgan fingerprint density at radius 3 is 2.67 bits per heavy atom. The van der Waals surface area contributed by atoms with Crippen LogP contribution in [0, 0.1) is 5.92 Å². The number of halogens is 1. The van der Waals surface area contributed by atoms with Gasteiger partial charge in [0.15, 0.2) is 5.65 Å². The Hall–Kier alpha value is -3.05. The molecule has 36 heavy (non-hydrogen) atoms. The monoisotopic (exact) mass is 514 g/mol. The number of hydrogen-bond donors (Lipinski definition) is 2. The van der Waals surface area contributed by atoms with E-state index in [9.17, 15) is 0 Å². The van der Waals surface area contributed by atoms with Crippen molar-refractivity contribution in [3.8, 4) is 11.3 Å². The van der Waals surface area contributed by atoms with E-state index in [4.69, 9.17) is 22.4 Å². The first kappa shape index (κ1) is 23.4. The summed E-state index contributed by atoms with van der Waals surface area (Å²) in [6.07, 6.45) is 4.77. The summed E-state index contributed by atoms with van der Waals surface area (Å²) >= 11 is 6.35. The average molecular weight is 515 g/mol. The minimum Gasteiger partial charge on any atom is -0.383 e.